The summed E-state index contributed by atoms with van der Waals surface area (Å²) in [7, 11) is 0. The fourth-order valence-electron chi connectivity index (χ4n) is 0.515. The van der Waals surface area contributed by atoms with Gasteiger partial charge in [0, 0.05) is 17.1 Å². The van der Waals surface area contributed by atoms with E-state index in [2.05, 4.69) is 4.98 Å². The lowest BCUT2D eigenvalue weighted by Gasteiger charge is -1.96. The predicted molar refractivity (Wildman–Crippen MR) is 42.1 cm³/mol. The van der Waals surface area contributed by atoms with E-state index in [1.165, 1.54) is 11.3 Å². The van der Waals surface area contributed by atoms with Gasteiger partial charge >= 0.3 is 0 Å². The molecule has 0 fully saturated rings. The van der Waals surface area contributed by atoms with Crippen LogP contribution in [0.25, 0.3) is 0 Å². The van der Waals surface area contributed by atoms with E-state index in [0.29, 0.717) is 0 Å². The van der Waals surface area contributed by atoms with Crippen LogP contribution in [-0.4, -0.2) is 4.98 Å². The van der Waals surface area contributed by atoms with E-state index in [9.17, 15) is 0 Å². The minimum absolute atomic E-state index is 0.0675. The smallest absolute Gasteiger partial charge is 0.158 e. The van der Waals surface area contributed by atoms with Crippen LogP contribution in [0.4, 0.5) is 0 Å². The second-order valence-electron chi connectivity index (χ2n) is 1.89. The monoisotopic (exact) mass is 160 g/mol. The minimum Gasteiger partial charge on any atom is -0.340 e. The minimum atomic E-state index is 0.0675. The molecule has 0 amide bonds. The Morgan fingerprint density at radius 1 is 1.89 bits per heavy atom. The zero-order chi connectivity index (χ0) is 6.85. The third-order valence-corrected chi connectivity index (χ3v) is 2.11. The lowest BCUT2D eigenvalue weighted by Crippen LogP contribution is -2.04. The summed E-state index contributed by atoms with van der Waals surface area (Å²) in [5, 5.41) is 1.95. The predicted octanol–water partition coefficient (Wildman–Crippen LogP) is 1.83. The Hall–Kier alpha value is -0.190. The number of nitrogens with two attached hydrogens (primary N) is 1. The first-order valence-electron chi connectivity index (χ1n) is 2.63. The van der Waals surface area contributed by atoms with Gasteiger partial charge in [-0.3, -0.25) is 0 Å². The van der Waals surface area contributed by atoms with Crippen molar-refractivity contribution >= 4 is 23.6 Å². The molecule has 1 rings (SSSR count). The zero-order valence-corrected chi connectivity index (χ0v) is 6.68. The lowest BCUT2D eigenvalue weighted by molar-refractivity contribution is 0.788. The van der Waals surface area contributed by atoms with Gasteiger partial charge in [0.15, 0.2) is 3.95 Å². The van der Waals surface area contributed by atoms with Crippen LogP contribution < -0.4 is 5.73 Å². The van der Waals surface area contributed by atoms with E-state index in [0.717, 1.165) is 9.65 Å². The molecule has 0 radical (unpaired) electrons. The summed E-state index contributed by atoms with van der Waals surface area (Å²) >= 11 is 6.37. The molecule has 3 N–H and O–H groups in total. The Morgan fingerprint density at radius 2 is 2.56 bits per heavy atom. The second kappa shape index (κ2) is 2.60. The van der Waals surface area contributed by atoms with Crippen LogP contribution in [0.5, 0.6) is 0 Å². The van der Waals surface area contributed by atoms with Crippen molar-refractivity contribution in [1.29, 1.82) is 0 Å². The molecule has 1 heterocycles. The summed E-state index contributed by atoms with van der Waals surface area (Å²) in [5.74, 6) is 0. The number of thiazole rings is 1. The van der Waals surface area contributed by atoms with Gasteiger partial charge in [-0.05, 0) is 19.1 Å². The molecule has 4 heteroatoms. The van der Waals surface area contributed by atoms with E-state index in [-0.39, 0.29) is 6.04 Å². The molecule has 9 heavy (non-hydrogen) atoms. The number of hydrogen-bond donors (Lipinski definition) is 2. The second-order valence-corrected chi connectivity index (χ2v) is 3.44. The van der Waals surface area contributed by atoms with Crippen molar-refractivity contribution in [3.63, 3.8) is 0 Å². The number of H-pyrrole nitrogens is 1. The van der Waals surface area contributed by atoms with Gasteiger partial charge in [0.05, 0.1) is 0 Å². The summed E-state index contributed by atoms with van der Waals surface area (Å²) in [4.78, 5) is 2.98. The highest BCUT2D eigenvalue weighted by Crippen LogP contribution is 2.10. The summed E-state index contributed by atoms with van der Waals surface area (Å²) in [5.41, 5.74) is 6.57. The zero-order valence-electron chi connectivity index (χ0n) is 5.05. The lowest BCUT2D eigenvalue weighted by atomic mass is 10.3. The van der Waals surface area contributed by atoms with Crippen molar-refractivity contribution in [2.24, 2.45) is 5.73 Å². The molecule has 0 saturated heterocycles. The van der Waals surface area contributed by atoms with Crippen molar-refractivity contribution in [3.05, 3.63) is 15.0 Å². The van der Waals surface area contributed by atoms with Crippen LogP contribution in [0.15, 0.2) is 5.38 Å². The van der Waals surface area contributed by atoms with Crippen LogP contribution in [0.2, 0.25) is 0 Å². The quantitative estimate of drug-likeness (QED) is 0.615. The normalized spacial score (nSPS) is 13.6. The molecular weight excluding hydrogens is 152 g/mol. The Kier molecular flexibility index (Phi) is 2.00. The van der Waals surface area contributed by atoms with Crippen molar-refractivity contribution in [2.45, 2.75) is 13.0 Å². The third kappa shape index (κ3) is 1.61. The van der Waals surface area contributed by atoms with E-state index >= 15 is 0 Å². The Morgan fingerprint density at radius 3 is 2.78 bits per heavy atom. The maximum atomic E-state index is 5.56. The van der Waals surface area contributed by atoms with Crippen molar-refractivity contribution < 1.29 is 0 Å². The number of hydrogen-bond acceptors (Lipinski definition) is 3. The van der Waals surface area contributed by atoms with E-state index in [1.54, 1.807) is 0 Å². The molecule has 0 aliphatic heterocycles. The highest BCUT2D eigenvalue weighted by Gasteiger charge is 1.97. The Balaban J connectivity index is 2.98. The first-order valence-corrected chi connectivity index (χ1v) is 3.92. The number of aromatic amines is 1. The highest BCUT2D eigenvalue weighted by molar-refractivity contribution is 7.73. The van der Waals surface area contributed by atoms with Crippen LogP contribution in [0, 0.1) is 3.95 Å². The van der Waals surface area contributed by atoms with Crippen molar-refractivity contribution in [2.75, 3.05) is 0 Å². The Bertz CT molecular complexity index is 235. The summed E-state index contributed by atoms with van der Waals surface area (Å²) in [6.45, 7) is 1.92. The standard InChI is InChI=1S/C5H8N2S2/c1-3(6)4-2-9-5(8)7-4/h2-3H,6H2,1H3,(H,7,8). The molecule has 0 aromatic carbocycles. The van der Waals surface area contributed by atoms with Gasteiger partial charge in [-0.1, -0.05) is 0 Å². The van der Waals surface area contributed by atoms with Gasteiger partial charge in [-0.25, -0.2) is 0 Å². The highest BCUT2D eigenvalue weighted by atomic mass is 32.1. The molecule has 0 aliphatic rings. The summed E-state index contributed by atoms with van der Waals surface area (Å²) in [6.07, 6.45) is 0. The number of rotatable bonds is 1. The molecule has 1 atom stereocenters. The fraction of sp³-hybridized carbons (Fsp3) is 0.400. The molecule has 2 nitrogen and oxygen atoms in total. The van der Waals surface area contributed by atoms with Crippen molar-refractivity contribution in [1.82, 2.24) is 4.98 Å². The van der Waals surface area contributed by atoms with Gasteiger partial charge in [0.2, 0.25) is 0 Å². The molecule has 1 aromatic heterocycles. The molecule has 1 aromatic rings. The summed E-state index contributed by atoms with van der Waals surface area (Å²) < 4.78 is 0.794. The van der Waals surface area contributed by atoms with Crippen LogP contribution in [-0.2, 0) is 0 Å². The van der Waals surface area contributed by atoms with Gasteiger partial charge < -0.3 is 10.7 Å². The molecule has 0 bridgehead atoms. The maximum Gasteiger partial charge on any atom is 0.158 e. The summed E-state index contributed by atoms with van der Waals surface area (Å²) in [6, 6.07) is 0.0675. The maximum absolute atomic E-state index is 5.56. The molecule has 0 spiro atoms. The largest absolute Gasteiger partial charge is 0.340 e. The fourth-order valence-corrected chi connectivity index (χ4v) is 1.46. The van der Waals surface area contributed by atoms with E-state index in [1.807, 2.05) is 12.3 Å². The van der Waals surface area contributed by atoms with E-state index < -0.39 is 0 Å². The topological polar surface area (TPSA) is 41.8 Å². The van der Waals surface area contributed by atoms with Gasteiger partial charge in [0.25, 0.3) is 0 Å². The molecule has 1 unspecified atom stereocenters. The average molecular weight is 160 g/mol. The van der Waals surface area contributed by atoms with Crippen LogP contribution >= 0.6 is 23.6 Å². The SMILES string of the molecule is CC(N)c1csc(=S)[nH]1. The first-order chi connectivity index (χ1) is 4.20. The van der Waals surface area contributed by atoms with Gasteiger partial charge in [0.1, 0.15) is 0 Å². The van der Waals surface area contributed by atoms with Crippen LogP contribution in [0.3, 0.4) is 0 Å². The molecule has 50 valence electrons. The Labute approximate surface area is 62.7 Å². The number of nitrogens with one attached hydrogen (secondary N) is 1. The molecule has 0 aliphatic carbocycles. The van der Waals surface area contributed by atoms with Crippen molar-refractivity contribution in [3.8, 4) is 0 Å². The molecule has 0 saturated carbocycles. The van der Waals surface area contributed by atoms with E-state index in [4.69, 9.17) is 18.0 Å². The average Bonchev–Trinajstić information content (AvgIpc) is 2.14. The first kappa shape index (κ1) is 6.92. The molecular formula is C5H8N2S2. The van der Waals surface area contributed by atoms with Gasteiger partial charge in [-0.15, -0.1) is 11.3 Å². The third-order valence-electron chi connectivity index (χ3n) is 1.03. The number of aromatic nitrogens is 1. The van der Waals surface area contributed by atoms with Crippen LogP contribution in [0.1, 0.15) is 18.7 Å². The van der Waals surface area contributed by atoms with Gasteiger partial charge in [-0.2, -0.15) is 0 Å².